The van der Waals surface area contributed by atoms with Crippen molar-refractivity contribution in [2.75, 3.05) is 6.61 Å². The molecular formula is C10H12FNO5S. The molecular weight excluding hydrogens is 265 g/mol. The van der Waals surface area contributed by atoms with Crippen LogP contribution >= 0.6 is 0 Å². The SMILES string of the molecule is O=C(O)[C@H](CO)N(F)S(=O)(=O)Cc1ccccc1. The number of halogens is 1. The molecule has 0 spiro atoms. The van der Waals surface area contributed by atoms with Crippen LogP contribution in [-0.2, 0) is 20.6 Å². The molecule has 0 fully saturated rings. The van der Waals surface area contributed by atoms with E-state index in [1.807, 2.05) is 0 Å². The Kier molecular flexibility index (Phi) is 4.76. The molecule has 0 aliphatic carbocycles. The average molecular weight is 277 g/mol. The van der Waals surface area contributed by atoms with E-state index in [1.165, 1.54) is 12.1 Å². The fourth-order valence-electron chi connectivity index (χ4n) is 1.27. The Morgan fingerprint density at radius 2 is 1.89 bits per heavy atom. The molecule has 0 aliphatic rings. The van der Waals surface area contributed by atoms with Gasteiger partial charge in [0.05, 0.1) is 12.4 Å². The van der Waals surface area contributed by atoms with Crippen LogP contribution in [0.2, 0.25) is 0 Å². The minimum absolute atomic E-state index is 0.322. The van der Waals surface area contributed by atoms with Crippen molar-refractivity contribution in [3.8, 4) is 0 Å². The van der Waals surface area contributed by atoms with Crippen molar-refractivity contribution in [1.82, 2.24) is 4.53 Å². The molecule has 0 bridgehead atoms. The van der Waals surface area contributed by atoms with Gasteiger partial charge in [0.2, 0.25) is 10.0 Å². The summed E-state index contributed by atoms with van der Waals surface area (Å²) in [6.07, 6.45) is 0. The van der Waals surface area contributed by atoms with Crippen molar-refractivity contribution in [2.45, 2.75) is 11.8 Å². The van der Waals surface area contributed by atoms with Gasteiger partial charge in [-0.2, -0.15) is 0 Å². The molecule has 0 saturated heterocycles. The zero-order chi connectivity index (χ0) is 13.8. The van der Waals surface area contributed by atoms with Gasteiger partial charge in [-0.3, -0.25) is 4.79 Å². The molecule has 1 rings (SSSR count). The van der Waals surface area contributed by atoms with E-state index in [0.717, 1.165) is 0 Å². The van der Waals surface area contributed by atoms with Crippen LogP contribution in [0.5, 0.6) is 0 Å². The topological polar surface area (TPSA) is 94.9 Å². The number of sulfonamides is 1. The van der Waals surface area contributed by atoms with Crippen LogP contribution in [0.25, 0.3) is 0 Å². The summed E-state index contributed by atoms with van der Waals surface area (Å²) in [6, 6.07) is 5.64. The molecule has 1 aromatic carbocycles. The van der Waals surface area contributed by atoms with Crippen molar-refractivity contribution in [1.29, 1.82) is 0 Å². The predicted molar refractivity (Wildman–Crippen MR) is 60.5 cm³/mol. The van der Waals surface area contributed by atoms with Gasteiger partial charge in [0.1, 0.15) is 0 Å². The van der Waals surface area contributed by atoms with E-state index in [2.05, 4.69) is 0 Å². The zero-order valence-corrected chi connectivity index (χ0v) is 10.0. The molecule has 0 amide bonds. The van der Waals surface area contributed by atoms with Gasteiger partial charge in [0, 0.05) is 0 Å². The van der Waals surface area contributed by atoms with Gasteiger partial charge in [-0.05, 0) is 10.1 Å². The first kappa shape index (κ1) is 14.6. The fraction of sp³-hybridized carbons (Fsp3) is 0.300. The molecule has 100 valence electrons. The monoisotopic (exact) mass is 277 g/mol. The zero-order valence-electron chi connectivity index (χ0n) is 9.23. The summed E-state index contributed by atoms with van der Waals surface area (Å²) < 4.78 is 35.8. The minimum Gasteiger partial charge on any atom is -0.480 e. The predicted octanol–water partition coefficient (Wildman–Crippen LogP) is 0.148. The number of aliphatic carboxylic acids is 1. The van der Waals surface area contributed by atoms with Gasteiger partial charge >= 0.3 is 5.97 Å². The Balaban J connectivity index is 2.90. The van der Waals surface area contributed by atoms with Gasteiger partial charge in [-0.15, -0.1) is 4.48 Å². The van der Waals surface area contributed by atoms with E-state index in [-0.39, 0.29) is 0 Å². The van der Waals surface area contributed by atoms with Crippen molar-refractivity contribution < 1.29 is 27.9 Å². The Hall–Kier alpha value is -1.51. The van der Waals surface area contributed by atoms with Crippen molar-refractivity contribution in [2.24, 2.45) is 0 Å². The Bertz CT molecular complexity index is 504. The molecule has 1 aromatic rings. The lowest BCUT2D eigenvalue weighted by Crippen LogP contribution is -2.42. The highest BCUT2D eigenvalue weighted by atomic mass is 32.2. The first-order valence-corrected chi connectivity index (χ1v) is 6.55. The lowest BCUT2D eigenvalue weighted by Gasteiger charge is -2.17. The summed E-state index contributed by atoms with van der Waals surface area (Å²) >= 11 is 0. The molecule has 0 aliphatic heterocycles. The lowest BCUT2D eigenvalue weighted by atomic mass is 10.2. The quantitative estimate of drug-likeness (QED) is 0.722. The van der Waals surface area contributed by atoms with Gasteiger partial charge in [-0.25, -0.2) is 8.42 Å². The highest BCUT2D eigenvalue weighted by Crippen LogP contribution is 2.14. The number of carboxylic acids is 1. The van der Waals surface area contributed by atoms with Crippen molar-refractivity contribution in [3.63, 3.8) is 0 Å². The molecule has 0 aromatic heterocycles. The van der Waals surface area contributed by atoms with Crippen LogP contribution in [-0.4, -0.2) is 41.8 Å². The standard InChI is InChI=1S/C10H12FNO5S/c11-12(9(6-13)10(14)15)18(16,17)7-8-4-2-1-3-5-8/h1-5,9,13H,6-7H2,(H,14,15)/t9-/m0/s1. The van der Waals surface area contributed by atoms with E-state index in [4.69, 9.17) is 10.2 Å². The third-order valence-corrected chi connectivity index (χ3v) is 3.64. The number of aliphatic hydroxyl groups excluding tert-OH is 1. The van der Waals surface area contributed by atoms with Crippen molar-refractivity contribution >= 4 is 16.0 Å². The van der Waals surface area contributed by atoms with Gasteiger partial charge in [0.15, 0.2) is 6.04 Å². The van der Waals surface area contributed by atoms with Gasteiger partial charge < -0.3 is 10.2 Å². The molecule has 1 atom stereocenters. The fourth-order valence-corrected chi connectivity index (χ4v) is 2.55. The maximum absolute atomic E-state index is 13.5. The number of hydrogen-bond donors (Lipinski definition) is 2. The van der Waals surface area contributed by atoms with Gasteiger partial charge in [0.25, 0.3) is 0 Å². The highest BCUT2D eigenvalue weighted by molar-refractivity contribution is 7.88. The first-order chi connectivity index (χ1) is 8.38. The molecule has 2 N–H and O–H groups in total. The Labute approximate surface area is 103 Å². The second kappa shape index (κ2) is 5.89. The van der Waals surface area contributed by atoms with E-state index in [0.29, 0.717) is 5.56 Å². The second-order valence-electron chi connectivity index (χ2n) is 3.52. The number of aliphatic hydroxyl groups is 1. The number of carbonyl (C=O) groups is 1. The number of hydrogen-bond acceptors (Lipinski definition) is 4. The Morgan fingerprint density at radius 1 is 1.33 bits per heavy atom. The minimum atomic E-state index is -4.44. The van der Waals surface area contributed by atoms with E-state index in [1.54, 1.807) is 18.2 Å². The molecule has 0 heterocycles. The molecule has 18 heavy (non-hydrogen) atoms. The molecule has 0 unspecified atom stereocenters. The maximum atomic E-state index is 13.5. The Morgan fingerprint density at radius 3 is 2.33 bits per heavy atom. The smallest absolute Gasteiger partial charge is 0.327 e. The third kappa shape index (κ3) is 3.49. The second-order valence-corrected chi connectivity index (χ2v) is 5.32. The van der Waals surface area contributed by atoms with Crippen LogP contribution in [0, 0.1) is 0 Å². The normalized spacial score (nSPS) is 13.5. The summed E-state index contributed by atoms with van der Waals surface area (Å²) in [4.78, 5) is 10.6. The van der Waals surface area contributed by atoms with Crippen LogP contribution in [0.15, 0.2) is 30.3 Å². The highest BCUT2D eigenvalue weighted by Gasteiger charge is 2.35. The number of rotatable bonds is 6. The van der Waals surface area contributed by atoms with Crippen molar-refractivity contribution in [3.05, 3.63) is 35.9 Å². The lowest BCUT2D eigenvalue weighted by molar-refractivity contribution is -0.147. The van der Waals surface area contributed by atoms with E-state index in [9.17, 15) is 17.7 Å². The number of benzene rings is 1. The first-order valence-electron chi connectivity index (χ1n) is 4.94. The van der Waals surface area contributed by atoms with Gasteiger partial charge in [-0.1, -0.05) is 30.3 Å². The summed E-state index contributed by atoms with van der Waals surface area (Å²) in [5.41, 5.74) is 0.322. The average Bonchev–Trinajstić information content (AvgIpc) is 2.30. The summed E-state index contributed by atoms with van der Waals surface area (Å²) in [5.74, 6) is -2.43. The van der Waals surface area contributed by atoms with E-state index < -0.39 is 38.9 Å². The van der Waals surface area contributed by atoms with Crippen LogP contribution in [0.3, 0.4) is 0 Å². The molecule has 0 saturated carbocycles. The summed E-state index contributed by atoms with van der Waals surface area (Å²) in [6.45, 7) is -1.14. The van der Waals surface area contributed by atoms with Crippen LogP contribution in [0.4, 0.5) is 4.48 Å². The maximum Gasteiger partial charge on any atom is 0.327 e. The van der Waals surface area contributed by atoms with E-state index >= 15 is 0 Å². The largest absolute Gasteiger partial charge is 0.480 e. The van der Waals surface area contributed by atoms with Crippen LogP contribution in [0.1, 0.15) is 5.56 Å². The number of nitrogens with zero attached hydrogens (tertiary/aromatic N) is 1. The summed E-state index contributed by atoms with van der Waals surface area (Å²) in [5, 5.41) is 17.2. The molecule has 6 nitrogen and oxygen atoms in total. The summed E-state index contributed by atoms with van der Waals surface area (Å²) in [7, 11) is -4.44. The molecule has 0 radical (unpaired) electrons. The third-order valence-electron chi connectivity index (χ3n) is 2.16. The van der Waals surface area contributed by atoms with Crippen LogP contribution < -0.4 is 0 Å². The molecule has 8 heteroatoms. The number of carboxylic acid groups (broad SMARTS) is 1.